The van der Waals surface area contributed by atoms with Crippen molar-refractivity contribution < 1.29 is 9.59 Å². The molecule has 0 saturated carbocycles. The predicted molar refractivity (Wildman–Crippen MR) is 114 cm³/mol. The van der Waals surface area contributed by atoms with Gasteiger partial charge in [-0.25, -0.2) is 4.79 Å². The molecule has 2 aromatic rings. The van der Waals surface area contributed by atoms with Gasteiger partial charge in [-0.3, -0.25) is 14.6 Å². The summed E-state index contributed by atoms with van der Waals surface area (Å²) in [4.78, 5) is 31.0. The van der Waals surface area contributed by atoms with E-state index in [2.05, 4.69) is 34.5 Å². The Balaban J connectivity index is 1.32. The van der Waals surface area contributed by atoms with E-state index in [1.807, 2.05) is 36.1 Å². The molecule has 6 heteroatoms. The van der Waals surface area contributed by atoms with Gasteiger partial charge in [0.25, 0.3) is 5.91 Å². The Hall–Kier alpha value is -2.86. The zero-order valence-corrected chi connectivity index (χ0v) is 16.9. The molecule has 2 heterocycles. The number of aryl methyl sites for hydroxylation is 1. The van der Waals surface area contributed by atoms with Crippen molar-refractivity contribution in [3.63, 3.8) is 0 Å². The second kappa shape index (κ2) is 8.66. The molecule has 3 amide bonds. The molecule has 0 aromatic heterocycles. The van der Waals surface area contributed by atoms with Crippen molar-refractivity contribution in [2.45, 2.75) is 13.3 Å². The monoisotopic (exact) mass is 392 g/mol. The SMILES string of the molecule is Cc1cc(C(=O)N2CCN(CCc3ccccc3)CC2)ccc1N1CCNC1=O. The fourth-order valence-corrected chi connectivity index (χ4v) is 4.08. The second-order valence-corrected chi connectivity index (χ2v) is 7.75. The van der Waals surface area contributed by atoms with Gasteiger partial charge in [-0.05, 0) is 42.7 Å². The minimum Gasteiger partial charge on any atom is -0.336 e. The maximum atomic E-state index is 12.9. The van der Waals surface area contributed by atoms with Gasteiger partial charge in [0.05, 0.1) is 0 Å². The van der Waals surface area contributed by atoms with E-state index in [1.54, 1.807) is 4.90 Å². The van der Waals surface area contributed by atoms with Crippen LogP contribution in [0.4, 0.5) is 10.5 Å². The van der Waals surface area contributed by atoms with Crippen LogP contribution in [0.25, 0.3) is 0 Å². The van der Waals surface area contributed by atoms with Crippen molar-refractivity contribution in [1.82, 2.24) is 15.1 Å². The molecule has 0 atom stereocenters. The predicted octanol–water partition coefficient (Wildman–Crippen LogP) is 2.53. The van der Waals surface area contributed by atoms with Crippen molar-refractivity contribution in [3.8, 4) is 0 Å². The number of piperazine rings is 1. The van der Waals surface area contributed by atoms with Crippen molar-refractivity contribution in [3.05, 3.63) is 65.2 Å². The molecule has 0 radical (unpaired) electrons. The standard InChI is InChI=1S/C23H28N4O2/c1-18-17-20(7-8-21(18)27-12-10-24-23(27)29)22(28)26-15-13-25(14-16-26)11-9-19-5-3-2-4-6-19/h2-8,17H,9-16H2,1H3,(H,24,29). The Labute approximate surface area is 172 Å². The van der Waals surface area contributed by atoms with E-state index < -0.39 is 0 Å². The fourth-order valence-electron chi connectivity index (χ4n) is 4.08. The molecule has 0 spiro atoms. The summed E-state index contributed by atoms with van der Waals surface area (Å²) in [6, 6.07) is 16.1. The molecule has 2 aromatic carbocycles. The lowest BCUT2D eigenvalue weighted by molar-refractivity contribution is 0.0638. The number of benzene rings is 2. The lowest BCUT2D eigenvalue weighted by Crippen LogP contribution is -2.49. The van der Waals surface area contributed by atoms with Crippen LogP contribution in [-0.4, -0.2) is 67.6 Å². The van der Waals surface area contributed by atoms with Gasteiger partial charge >= 0.3 is 6.03 Å². The van der Waals surface area contributed by atoms with Crippen LogP contribution in [0, 0.1) is 6.92 Å². The number of rotatable bonds is 5. The average Bonchev–Trinajstić information content (AvgIpc) is 3.18. The summed E-state index contributed by atoms with van der Waals surface area (Å²) in [6.07, 6.45) is 1.04. The van der Waals surface area contributed by atoms with E-state index in [0.29, 0.717) is 18.7 Å². The highest BCUT2D eigenvalue weighted by atomic mass is 16.2. The normalized spacial score (nSPS) is 17.5. The van der Waals surface area contributed by atoms with Gasteiger partial charge in [-0.2, -0.15) is 0 Å². The summed E-state index contributed by atoms with van der Waals surface area (Å²) in [7, 11) is 0. The van der Waals surface area contributed by atoms with Crippen LogP contribution in [0.2, 0.25) is 0 Å². The molecule has 0 unspecified atom stereocenters. The van der Waals surface area contributed by atoms with Gasteiger partial charge in [-0.15, -0.1) is 0 Å². The molecule has 6 nitrogen and oxygen atoms in total. The van der Waals surface area contributed by atoms with Crippen LogP contribution < -0.4 is 10.2 Å². The summed E-state index contributed by atoms with van der Waals surface area (Å²) in [5.41, 5.74) is 3.88. The summed E-state index contributed by atoms with van der Waals surface area (Å²) in [5.74, 6) is 0.0771. The number of urea groups is 1. The first kappa shape index (κ1) is 19.5. The summed E-state index contributed by atoms with van der Waals surface area (Å²) >= 11 is 0. The number of amides is 3. The Kier molecular flexibility index (Phi) is 5.81. The quantitative estimate of drug-likeness (QED) is 0.851. The molecule has 2 fully saturated rings. The number of nitrogens with one attached hydrogen (secondary N) is 1. The molecular weight excluding hydrogens is 364 g/mol. The van der Waals surface area contributed by atoms with Crippen molar-refractivity contribution in [2.24, 2.45) is 0 Å². The topological polar surface area (TPSA) is 55.9 Å². The van der Waals surface area contributed by atoms with Crippen LogP contribution in [0.15, 0.2) is 48.5 Å². The molecule has 29 heavy (non-hydrogen) atoms. The Morgan fingerprint density at radius 3 is 2.41 bits per heavy atom. The van der Waals surface area contributed by atoms with Crippen LogP contribution in [0.1, 0.15) is 21.5 Å². The molecule has 4 rings (SSSR count). The molecule has 1 N–H and O–H groups in total. The highest BCUT2D eigenvalue weighted by Crippen LogP contribution is 2.23. The van der Waals surface area contributed by atoms with Gasteiger partial charge < -0.3 is 10.2 Å². The minimum atomic E-state index is -0.0706. The van der Waals surface area contributed by atoms with Gasteiger partial charge in [0, 0.05) is 57.1 Å². The number of hydrogen-bond donors (Lipinski definition) is 1. The highest BCUT2D eigenvalue weighted by molar-refractivity contribution is 5.98. The maximum Gasteiger partial charge on any atom is 0.322 e. The van der Waals surface area contributed by atoms with Crippen LogP contribution in [-0.2, 0) is 6.42 Å². The third-order valence-corrected chi connectivity index (χ3v) is 5.81. The largest absolute Gasteiger partial charge is 0.336 e. The Morgan fingerprint density at radius 1 is 1.00 bits per heavy atom. The van der Waals surface area contributed by atoms with Crippen molar-refractivity contribution in [1.29, 1.82) is 0 Å². The smallest absolute Gasteiger partial charge is 0.322 e. The first-order valence-electron chi connectivity index (χ1n) is 10.3. The summed E-state index contributed by atoms with van der Waals surface area (Å²) < 4.78 is 0. The zero-order valence-electron chi connectivity index (χ0n) is 16.9. The van der Waals surface area contributed by atoms with E-state index in [-0.39, 0.29) is 11.9 Å². The maximum absolute atomic E-state index is 12.9. The van der Waals surface area contributed by atoms with E-state index >= 15 is 0 Å². The van der Waals surface area contributed by atoms with Crippen LogP contribution >= 0.6 is 0 Å². The molecule has 152 valence electrons. The van der Waals surface area contributed by atoms with Gasteiger partial charge in [-0.1, -0.05) is 30.3 Å². The number of carbonyl (C=O) groups is 2. The van der Waals surface area contributed by atoms with Crippen LogP contribution in [0.5, 0.6) is 0 Å². The number of carbonyl (C=O) groups excluding carboxylic acids is 2. The Morgan fingerprint density at radius 2 is 1.76 bits per heavy atom. The fraction of sp³-hybridized carbons (Fsp3) is 0.391. The first-order chi connectivity index (χ1) is 14.1. The number of anilines is 1. The molecule has 2 aliphatic rings. The summed E-state index contributed by atoms with van der Waals surface area (Å²) in [6.45, 7) is 7.63. The number of nitrogens with zero attached hydrogens (tertiary/aromatic N) is 3. The lowest BCUT2D eigenvalue weighted by atomic mass is 10.1. The number of hydrogen-bond acceptors (Lipinski definition) is 3. The van der Waals surface area contributed by atoms with Gasteiger partial charge in [0.2, 0.25) is 0 Å². The first-order valence-corrected chi connectivity index (χ1v) is 10.3. The molecule has 0 aliphatic carbocycles. The summed E-state index contributed by atoms with van der Waals surface area (Å²) in [5, 5.41) is 2.82. The highest BCUT2D eigenvalue weighted by Gasteiger charge is 2.25. The van der Waals surface area contributed by atoms with E-state index in [0.717, 1.165) is 50.4 Å². The zero-order chi connectivity index (χ0) is 20.2. The second-order valence-electron chi connectivity index (χ2n) is 7.75. The van der Waals surface area contributed by atoms with E-state index in [9.17, 15) is 9.59 Å². The minimum absolute atomic E-state index is 0.0706. The molecule has 2 aliphatic heterocycles. The van der Waals surface area contributed by atoms with Crippen molar-refractivity contribution >= 4 is 17.6 Å². The van der Waals surface area contributed by atoms with Crippen molar-refractivity contribution in [2.75, 3.05) is 50.7 Å². The van der Waals surface area contributed by atoms with E-state index in [1.165, 1.54) is 5.56 Å². The Bertz CT molecular complexity index is 876. The average molecular weight is 393 g/mol. The van der Waals surface area contributed by atoms with Gasteiger partial charge in [0.1, 0.15) is 0 Å². The molecular formula is C23H28N4O2. The van der Waals surface area contributed by atoms with Gasteiger partial charge in [0.15, 0.2) is 0 Å². The van der Waals surface area contributed by atoms with E-state index in [4.69, 9.17) is 0 Å². The molecule has 0 bridgehead atoms. The molecule has 2 saturated heterocycles. The lowest BCUT2D eigenvalue weighted by Gasteiger charge is -2.35. The van der Waals surface area contributed by atoms with Crippen LogP contribution in [0.3, 0.4) is 0 Å². The third kappa shape index (κ3) is 4.43. The third-order valence-electron chi connectivity index (χ3n) is 5.81.